The van der Waals surface area contributed by atoms with Gasteiger partial charge in [0.05, 0.1) is 5.56 Å². The van der Waals surface area contributed by atoms with Crippen molar-refractivity contribution in [2.24, 2.45) is 0 Å². The zero-order valence-electron chi connectivity index (χ0n) is 14.8. The van der Waals surface area contributed by atoms with Crippen LogP contribution in [0.1, 0.15) is 21.7 Å². The smallest absolute Gasteiger partial charge is 0.305 e. The van der Waals surface area contributed by atoms with Crippen LogP contribution in [-0.4, -0.2) is 11.0 Å². The number of halogens is 1. The number of nitrogens with one attached hydrogen (secondary N) is 3. The molecule has 5 nitrogen and oxygen atoms in total. The van der Waals surface area contributed by atoms with E-state index in [0.717, 1.165) is 16.8 Å². The molecule has 0 aliphatic carbocycles. The zero-order chi connectivity index (χ0) is 19.4. The van der Waals surface area contributed by atoms with Crippen LogP contribution in [0, 0.1) is 19.7 Å². The summed E-state index contributed by atoms with van der Waals surface area (Å²) in [6.07, 6.45) is 0. The van der Waals surface area contributed by atoms with Gasteiger partial charge in [-0.05, 0) is 67.5 Å². The fourth-order valence-corrected chi connectivity index (χ4v) is 2.63. The van der Waals surface area contributed by atoms with E-state index in [1.54, 1.807) is 24.3 Å². The summed E-state index contributed by atoms with van der Waals surface area (Å²) in [7, 11) is 0. The summed E-state index contributed by atoms with van der Waals surface area (Å²) in [5.41, 5.74) is 8.33. The van der Waals surface area contributed by atoms with Crippen LogP contribution >= 0.6 is 12.2 Å². The molecule has 1 amide bonds. The number of benzene rings is 2. The molecule has 3 N–H and O–H groups in total. The van der Waals surface area contributed by atoms with Gasteiger partial charge >= 0.3 is 5.91 Å². The Labute approximate surface area is 161 Å². The SMILES string of the molecule is Cc1ccc(C)c(NC(=S)NNC(=O)c2ccc(-c3ccccc3F)o2)c1. The maximum atomic E-state index is 13.8. The molecule has 1 aromatic heterocycles. The number of carbonyl (C=O) groups is 1. The number of furan rings is 1. The van der Waals surface area contributed by atoms with Gasteiger partial charge in [0.15, 0.2) is 10.9 Å². The predicted molar refractivity (Wildman–Crippen MR) is 107 cm³/mol. The Bertz CT molecular complexity index is 1000. The molecule has 0 fully saturated rings. The zero-order valence-corrected chi connectivity index (χ0v) is 15.6. The van der Waals surface area contributed by atoms with Gasteiger partial charge in [0.25, 0.3) is 0 Å². The highest BCUT2D eigenvalue weighted by atomic mass is 32.1. The van der Waals surface area contributed by atoms with Gasteiger partial charge in [0, 0.05) is 5.69 Å². The molecular weight excluding hydrogens is 365 g/mol. The van der Waals surface area contributed by atoms with E-state index in [-0.39, 0.29) is 22.2 Å². The normalized spacial score (nSPS) is 10.3. The molecule has 0 saturated heterocycles. The van der Waals surface area contributed by atoms with E-state index in [2.05, 4.69) is 16.2 Å². The first-order valence-corrected chi connectivity index (χ1v) is 8.64. The van der Waals surface area contributed by atoms with Crippen molar-refractivity contribution in [2.75, 3.05) is 5.32 Å². The van der Waals surface area contributed by atoms with Crippen LogP contribution in [0.4, 0.5) is 10.1 Å². The molecular formula is C20H18FN3O2S. The van der Waals surface area contributed by atoms with Crippen molar-refractivity contribution in [2.45, 2.75) is 13.8 Å². The topological polar surface area (TPSA) is 66.3 Å². The summed E-state index contributed by atoms with van der Waals surface area (Å²) >= 11 is 5.19. The Morgan fingerprint density at radius 2 is 1.81 bits per heavy atom. The average Bonchev–Trinajstić information content (AvgIpc) is 3.13. The summed E-state index contributed by atoms with van der Waals surface area (Å²) < 4.78 is 19.3. The van der Waals surface area contributed by atoms with Crippen molar-refractivity contribution in [1.82, 2.24) is 10.9 Å². The number of aryl methyl sites for hydroxylation is 2. The summed E-state index contributed by atoms with van der Waals surface area (Å²) in [6.45, 7) is 3.93. The number of hydrogen-bond donors (Lipinski definition) is 3. The Hall–Kier alpha value is -3.19. The first-order valence-electron chi connectivity index (χ1n) is 8.23. The molecule has 0 aliphatic heterocycles. The third-order valence-corrected chi connectivity index (χ3v) is 4.10. The van der Waals surface area contributed by atoms with Gasteiger partial charge in [0.1, 0.15) is 11.6 Å². The molecule has 0 aliphatic rings. The molecule has 0 unspecified atom stereocenters. The molecule has 0 radical (unpaired) electrons. The minimum absolute atomic E-state index is 0.0373. The predicted octanol–water partition coefficient (Wildman–Crippen LogP) is 4.33. The number of amides is 1. The number of carbonyl (C=O) groups excluding carboxylic acids is 1. The van der Waals surface area contributed by atoms with Crippen molar-refractivity contribution >= 4 is 28.9 Å². The first kappa shape index (κ1) is 18.6. The van der Waals surface area contributed by atoms with Gasteiger partial charge in [-0.2, -0.15) is 0 Å². The second-order valence-electron chi connectivity index (χ2n) is 6.00. The first-order chi connectivity index (χ1) is 12.9. The molecule has 27 heavy (non-hydrogen) atoms. The fourth-order valence-electron chi connectivity index (χ4n) is 2.46. The van der Waals surface area contributed by atoms with Crippen molar-refractivity contribution in [3.63, 3.8) is 0 Å². The molecule has 138 valence electrons. The minimum atomic E-state index is -0.525. The highest BCUT2D eigenvalue weighted by molar-refractivity contribution is 7.80. The average molecular weight is 383 g/mol. The highest BCUT2D eigenvalue weighted by Crippen LogP contribution is 2.24. The number of anilines is 1. The monoisotopic (exact) mass is 383 g/mol. The summed E-state index contributed by atoms with van der Waals surface area (Å²) in [4.78, 5) is 12.2. The van der Waals surface area contributed by atoms with Crippen LogP contribution in [0.25, 0.3) is 11.3 Å². The molecule has 0 spiro atoms. The van der Waals surface area contributed by atoms with E-state index < -0.39 is 11.7 Å². The van der Waals surface area contributed by atoms with E-state index in [0.29, 0.717) is 0 Å². The highest BCUT2D eigenvalue weighted by Gasteiger charge is 2.14. The second-order valence-corrected chi connectivity index (χ2v) is 6.40. The minimum Gasteiger partial charge on any atom is -0.451 e. The fraction of sp³-hybridized carbons (Fsp3) is 0.100. The second kappa shape index (κ2) is 8.01. The lowest BCUT2D eigenvalue weighted by Crippen LogP contribution is -2.43. The summed E-state index contributed by atoms with van der Waals surface area (Å²) in [6, 6.07) is 15.1. The standard InChI is InChI=1S/C20H18FN3O2S/c1-12-7-8-13(2)16(11-12)22-20(27)24-23-19(25)18-10-9-17(26-18)14-5-3-4-6-15(14)21/h3-11H,1-2H3,(H,23,25)(H2,22,24,27). The number of thiocarbonyl (C=S) groups is 1. The lowest BCUT2D eigenvalue weighted by molar-refractivity contribution is 0.0917. The molecule has 0 saturated carbocycles. The van der Waals surface area contributed by atoms with E-state index in [1.165, 1.54) is 12.1 Å². The van der Waals surface area contributed by atoms with E-state index in [1.807, 2.05) is 32.0 Å². The molecule has 3 aromatic rings. The molecule has 7 heteroatoms. The van der Waals surface area contributed by atoms with Crippen LogP contribution < -0.4 is 16.2 Å². The van der Waals surface area contributed by atoms with E-state index in [4.69, 9.17) is 16.6 Å². The Kier molecular flexibility index (Phi) is 5.52. The molecule has 1 heterocycles. The van der Waals surface area contributed by atoms with Crippen molar-refractivity contribution in [3.8, 4) is 11.3 Å². The van der Waals surface area contributed by atoms with Crippen molar-refractivity contribution < 1.29 is 13.6 Å². The van der Waals surface area contributed by atoms with Gasteiger partial charge < -0.3 is 9.73 Å². The van der Waals surface area contributed by atoms with Crippen LogP contribution in [0.5, 0.6) is 0 Å². The van der Waals surface area contributed by atoms with Gasteiger partial charge in [0.2, 0.25) is 0 Å². The van der Waals surface area contributed by atoms with Crippen LogP contribution in [0.15, 0.2) is 59.0 Å². The molecule has 3 rings (SSSR count). The van der Waals surface area contributed by atoms with Crippen molar-refractivity contribution in [3.05, 3.63) is 77.3 Å². The Morgan fingerprint density at radius 3 is 2.59 bits per heavy atom. The Morgan fingerprint density at radius 1 is 1.04 bits per heavy atom. The third kappa shape index (κ3) is 4.51. The molecule has 0 atom stereocenters. The quantitative estimate of drug-likeness (QED) is 0.464. The maximum Gasteiger partial charge on any atom is 0.305 e. The number of hydrazine groups is 1. The van der Waals surface area contributed by atoms with Gasteiger partial charge in [-0.3, -0.25) is 15.6 Å². The van der Waals surface area contributed by atoms with Crippen LogP contribution in [-0.2, 0) is 0 Å². The number of hydrogen-bond acceptors (Lipinski definition) is 3. The van der Waals surface area contributed by atoms with Gasteiger partial charge in [-0.15, -0.1) is 0 Å². The lowest BCUT2D eigenvalue weighted by Gasteiger charge is -2.13. The Balaban J connectivity index is 1.60. The van der Waals surface area contributed by atoms with E-state index >= 15 is 0 Å². The van der Waals surface area contributed by atoms with E-state index in [9.17, 15) is 9.18 Å². The maximum absolute atomic E-state index is 13.8. The lowest BCUT2D eigenvalue weighted by atomic mass is 10.1. The third-order valence-electron chi connectivity index (χ3n) is 3.90. The molecule has 2 aromatic carbocycles. The summed E-state index contributed by atoms with van der Waals surface area (Å²) in [5.74, 6) is -0.636. The number of rotatable bonds is 3. The van der Waals surface area contributed by atoms with Crippen LogP contribution in [0.2, 0.25) is 0 Å². The summed E-state index contributed by atoms with van der Waals surface area (Å²) in [5, 5.41) is 3.26. The van der Waals surface area contributed by atoms with Gasteiger partial charge in [-0.25, -0.2) is 4.39 Å². The molecule has 0 bridgehead atoms. The van der Waals surface area contributed by atoms with Crippen LogP contribution in [0.3, 0.4) is 0 Å². The largest absolute Gasteiger partial charge is 0.451 e. The van der Waals surface area contributed by atoms with Gasteiger partial charge in [-0.1, -0.05) is 24.3 Å². The van der Waals surface area contributed by atoms with Crippen molar-refractivity contribution in [1.29, 1.82) is 0 Å².